The van der Waals surface area contributed by atoms with Gasteiger partial charge in [-0.3, -0.25) is 14.5 Å². The number of nitrogens with zero attached hydrogens (tertiary/aromatic N) is 3. The van der Waals surface area contributed by atoms with Gasteiger partial charge in [-0.05, 0) is 35.4 Å². The summed E-state index contributed by atoms with van der Waals surface area (Å²) < 4.78 is 12.1. The van der Waals surface area contributed by atoms with Gasteiger partial charge in [-0.25, -0.2) is 0 Å². The summed E-state index contributed by atoms with van der Waals surface area (Å²) in [6.07, 6.45) is 0. The summed E-state index contributed by atoms with van der Waals surface area (Å²) in [7, 11) is 0. The number of carbonyl (C=O) groups excluding carboxylic acids is 1. The van der Waals surface area contributed by atoms with Crippen molar-refractivity contribution in [2.24, 2.45) is 0 Å². The number of para-hydroxylation sites is 1. The first-order chi connectivity index (χ1) is 18.0. The predicted octanol–water partition coefficient (Wildman–Crippen LogP) is 6.10. The van der Waals surface area contributed by atoms with Gasteiger partial charge in [0.15, 0.2) is 5.43 Å². The van der Waals surface area contributed by atoms with E-state index in [0.29, 0.717) is 34.0 Å². The number of aromatic nitrogens is 2. The molecule has 0 fully saturated rings. The second-order valence-corrected chi connectivity index (χ2v) is 10.2. The molecular weight excluding hydrogens is 486 g/mol. The Balaban J connectivity index is 1.48. The molecule has 184 valence electrons. The number of hydrogen-bond donors (Lipinski definition) is 0. The van der Waals surface area contributed by atoms with Crippen LogP contribution in [0.3, 0.4) is 0 Å². The molecule has 6 rings (SSSR count). The average Bonchev–Trinajstić information content (AvgIpc) is 3.52. The third-order valence-electron chi connectivity index (χ3n) is 6.33. The Hall–Kier alpha value is -4.30. The van der Waals surface area contributed by atoms with Crippen molar-refractivity contribution in [3.8, 4) is 5.75 Å². The topological polar surface area (TPSA) is 85.5 Å². The van der Waals surface area contributed by atoms with Crippen molar-refractivity contribution in [2.75, 3.05) is 4.90 Å². The molecule has 1 unspecified atom stereocenters. The second kappa shape index (κ2) is 9.29. The average molecular weight is 510 g/mol. The molecule has 1 aliphatic heterocycles. The van der Waals surface area contributed by atoms with E-state index in [0.717, 1.165) is 16.1 Å². The summed E-state index contributed by atoms with van der Waals surface area (Å²) in [5, 5.41) is 10.3. The molecule has 0 spiro atoms. The van der Waals surface area contributed by atoms with Crippen LogP contribution < -0.4 is 15.1 Å². The highest BCUT2D eigenvalue weighted by molar-refractivity contribution is 7.15. The third-order valence-corrected chi connectivity index (χ3v) is 7.55. The van der Waals surface area contributed by atoms with E-state index in [1.165, 1.54) is 16.2 Å². The van der Waals surface area contributed by atoms with E-state index in [1.54, 1.807) is 24.3 Å². The summed E-state index contributed by atoms with van der Waals surface area (Å²) in [5.74, 6) is 0.407. The van der Waals surface area contributed by atoms with Gasteiger partial charge in [0.05, 0.1) is 17.0 Å². The molecule has 1 atom stereocenters. The number of rotatable bonds is 6. The standard InChI is InChI=1S/C29H23N3O4S/c1-17(2)27-30-31-29(37-27)32-24(19-11-8-12-20(15-19)35-16-18-9-4-3-5-10-18)23-25(33)21-13-6-7-14-22(21)36-26(23)28(32)34/h3-15,17,24H,16H2,1-2H3. The Morgan fingerprint density at radius 2 is 1.76 bits per heavy atom. The largest absolute Gasteiger partial charge is 0.489 e. The molecule has 2 aromatic heterocycles. The summed E-state index contributed by atoms with van der Waals surface area (Å²) in [6.45, 7) is 4.44. The Morgan fingerprint density at radius 1 is 0.973 bits per heavy atom. The minimum absolute atomic E-state index is 0.0330. The van der Waals surface area contributed by atoms with Crippen molar-refractivity contribution < 1.29 is 13.9 Å². The van der Waals surface area contributed by atoms with E-state index in [-0.39, 0.29) is 17.1 Å². The minimum atomic E-state index is -0.725. The van der Waals surface area contributed by atoms with Gasteiger partial charge in [0.2, 0.25) is 10.9 Å². The van der Waals surface area contributed by atoms with E-state index in [2.05, 4.69) is 10.2 Å². The number of fused-ring (bicyclic) bond motifs is 2. The van der Waals surface area contributed by atoms with Crippen LogP contribution in [0, 0.1) is 0 Å². The monoisotopic (exact) mass is 509 g/mol. The molecular formula is C29H23N3O4S. The fourth-order valence-electron chi connectivity index (χ4n) is 4.50. The second-order valence-electron chi connectivity index (χ2n) is 9.17. The molecule has 0 saturated heterocycles. The van der Waals surface area contributed by atoms with E-state index in [1.807, 2.05) is 68.4 Å². The number of amides is 1. The van der Waals surface area contributed by atoms with Crippen LogP contribution in [0.4, 0.5) is 5.13 Å². The van der Waals surface area contributed by atoms with E-state index < -0.39 is 11.9 Å². The fourth-order valence-corrected chi connectivity index (χ4v) is 5.38. The summed E-state index contributed by atoms with van der Waals surface area (Å²) in [6, 6.07) is 23.6. The molecule has 8 heteroatoms. The highest BCUT2D eigenvalue weighted by Crippen LogP contribution is 2.43. The number of carbonyl (C=O) groups is 1. The third kappa shape index (κ3) is 4.09. The Bertz CT molecular complexity index is 1680. The van der Waals surface area contributed by atoms with Gasteiger partial charge in [0.1, 0.15) is 22.9 Å². The van der Waals surface area contributed by atoms with Gasteiger partial charge in [0.25, 0.3) is 5.91 Å². The van der Waals surface area contributed by atoms with Crippen molar-refractivity contribution in [1.82, 2.24) is 10.2 Å². The van der Waals surface area contributed by atoms with Crippen LogP contribution in [0.1, 0.15) is 58.1 Å². The lowest BCUT2D eigenvalue weighted by Gasteiger charge is -2.22. The van der Waals surface area contributed by atoms with Gasteiger partial charge in [-0.15, -0.1) is 10.2 Å². The lowest BCUT2D eigenvalue weighted by Crippen LogP contribution is -2.29. The van der Waals surface area contributed by atoms with Crippen LogP contribution in [-0.2, 0) is 6.61 Å². The number of benzene rings is 3. The van der Waals surface area contributed by atoms with Crippen molar-refractivity contribution in [2.45, 2.75) is 32.4 Å². The zero-order valence-electron chi connectivity index (χ0n) is 20.3. The highest BCUT2D eigenvalue weighted by atomic mass is 32.1. The van der Waals surface area contributed by atoms with Gasteiger partial charge in [0, 0.05) is 5.92 Å². The van der Waals surface area contributed by atoms with Gasteiger partial charge in [-0.2, -0.15) is 0 Å². The van der Waals surface area contributed by atoms with Crippen molar-refractivity contribution in [1.29, 1.82) is 0 Å². The molecule has 3 aromatic carbocycles. The van der Waals surface area contributed by atoms with Crippen molar-refractivity contribution in [3.63, 3.8) is 0 Å². The van der Waals surface area contributed by atoms with Gasteiger partial charge < -0.3 is 9.15 Å². The number of hydrogen-bond acceptors (Lipinski definition) is 7. The molecule has 0 aliphatic carbocycles. The lowest BCUT2D eigenvalue weighted by atomic mass is 9.98. The Kier molecular flexibility index (Phi) is 5.81. The molecule has 0 radical (unpaired) electrons. The SMILES string of the molecule is CC(C)c1nnc(N2C(=O)c3oc4ccccc4c(=O)c3C2c2cccc(OCc3ccccc3)c2)s1. The van der Waals surface area contributed by atoms with Gasteiger partial charge >= 0.3 is 0 Å². The summed E-state index contributed by atoms with van der Waals surface area (Å²) >= 11 is 1.34. The number of anilines is 1. The van der Waals surface area contributed by atoms with Crippen LogP contribution in [-0.4, -0.2) is 16.1 Å². The Labute approximate surface area is 217 Å². The molecule has 0 N–H and O–H groups in total. The first kappa shape index (κ1) is 23.1. The normalized spacial score (nSPS) is 14.9. The van der Waals surface area contributed by atoms with Crippen LogP contribution in [0.15, 0.2) is 88.1 Å². The molecule has 0 bridgehead atoms. The fraction of sp³-hybridized carbons (Fsp3) is 0.172. The molecule has 1 aliphatic rings. The Morgan fingerprint density at radius 3 is 2.54 bits per heavy atom. The molecule has 1 amide bonds. The van der Waals surface area contributed by atoms with Crippen molar-refractivity contribution in [3.05, 3.63) is 117 Å². The van der Waals surface area contributed by atoms with Gasteiger partial charge in [-0.1, -0.05) is 79.8 Å². The first-order valence-corrected chi connectivity index (χ1v) is 12.8. The smallest absolute Gasteiger partial charge is 0.297 e. The van der Waals surface area contributed by atoms with E-state index in [4.69, 9.17) is 9.15 Å². The van der Waals surface area contributed by atoms with E-state index >= 15 is 0 Å². The van der Waals surface area contributed by atoms with Crippen molar-refractivity contribution >= 4 is 33.3 Å². The predicted molar refractivity (Wildman–Crippen MR) is 142 cm³/mol. The maximum absolute atomic E-state index is 13.8. The van der Waals surface area contributed by atoms with Crippen LogP contribution >= 0.6 is 11.3 Å². The minimum Gasteiger partial charge on any atom is -0.489 e. The molecule has 37 heavy (non-hydrogen) atoms. The highest BCUT2D eigenvalue weighted by Gasteiger charge is 2.45. The van der Waals surface area contributed by atoms with Crippen LogP contribution in [0.5, 0.6) is 5.75 Å². The lowest BCUT2D eigenvalue weighted by molar-refractivity contribution is 0.0970. The zero-order valence-corrected chi connectivity index (χ0v) is 21.1. The van der Waals surface area contributed by atoms with Crippen LogP contribution in [0.25, 0.3) is 11.0 Å². The summed E-state index contributed by atoms with van der Waals surface area (Å²) in [5.41, 5.74) is 2.20. The number of ether oxygens (including phenoxy) is 1. The maximum atomic E-state index is 13.8. The molecule has 0 saturated carbocycles. The molecule has 7 nitrogen and oxygen atoms in total. The quantitative estimate of drug-likeness (QED) is 0.275. The molecule has 5 aromatic rings. The zero-order chi connectivity index (χ0) is 25.5. The first-order valence-electron chi connectivity index (χ1n) is 12.0. The maximum Gasteiger partial charge on any atom is 0.297 e. The van der Waals surface area contributed by atoms with E-state index in [9.17, 15) is 9.59 Å². The molecule has 3 heterocycles. The van der Waals surface area contributed by atoms with Crippen LogP contribution in [0.2, 0.25) is 0 Å². The summed E-state index contributed by atoms with van der Waals surface area (Å²) in [4.78, 5) is 29.0.